The van der Waals surface area contributed by atoms with Gasteiger partial charge in [0, 0.05) is 33.1 Å². The van der Waals surface area contributed by atoms with E-state index < -0.39 is 0 Å². The van der Waals surface area contributed by atoms with Gasteiger partial charge in [-0.2, -0.15) is 0 Å². The van der Waals surface area contributed by atoms with Crippen LogP contribution in [0.3, 0.4) is 0 Å². The summed E-state index contributed by atoms with van der Waals surface area (Å²) in [6, 6.07) is 36.2. The number of hydrogen-bond donors (Lipinski definition) is 0. The molecule has 2 aliphatic carbocycles. The molecule has 0 fully saturated rings. The van der Waals surface area contributed by atoms with Crippen molar-refractivity contribution in [3.63, 3.8) is 0 Å². The number of hydrogen-bond acceptors (Lipinski definition) is 3. The largest absolute Gasteiger partial charge is 0.454 e. The maximum atomic E-state index is 7.01. The minimum Gasteiger partial charge on any atom is -0.454 e. The molecule has 3 heterocycles. The fraction of sp³-hybridized carbons (Fsp3) is 0.163. The van der Waals surface area contributed by atoms with Gasteiger partial charge in [0.2, 0.25) is 5.95 Å². The Balaban J connectivity index is 1.33. The molecule has 0 spiro atoms. The van der Waals surface area contributed by atoms with E-state index >= 15 is 0 Å². The first kappa shape index (κ1) is 27.8. The average Bonchev–Trinajstić information content (AvgIpc) is 3.71. The summed E-state index contributed by atoms with van der Waals surface area (Å²) in [4.78, 5) is 10.7. The molecule has 4 nitrogen and oxygen atoms in total. The zero-order chi connectivity index (χ0) is 31.9. The van der Waals surface area contributed by atoms with Crippen LogP contribution in [0.5, 0.6) is 0 Å². The van der Waals surface area contributed by atoms with Crippen LogP contribution in [0.4, 0.5) is 0 Å². The summed E-state index contributed by atoms with van der Waals surface area (Å²) in [5, 5.41) is 1.03. The van der Waals surface area contributed by atoms with Crippen molar-refractivity contribution >= 4 is 17.0 Å². The summed E-state index contributed by atoms with van der Waals surface area (Å²) in [6.07, 6.45) is 6.20. The number of allylic oxidation sites excluding steroid dienone is 1. The van der Waals surface area contributed by atoms with Gasteiger partial charge in [0.25, 0.3) is 0 Å². The first-order chi connectivity index (χ1) is 23.0. The molecule has 4 aromatic carbocycles. The Hall–Kier alpha value is -5.48. The number of rotatable bonds is 4. The topological polar surface area (TPSA) is 43.9 Å². The van der Waals surface area contributed by atoms with E-state index in [-0.39, 0.29) is 5.41 Å². The number of nitrogens with zero attached hydrogens (tertiary/aromatic N) is 3. The van der Waals surface area contributed by atoms with Crippen molar-refractivity contribution in [1.29, 1.82) is 0 Å². The highest BCUT2D eigenvalue weighted by Crippen LogP contribution is 2.56. The van der Waals surface area contributed by atoms with E-state index in [9.17, 15) is 0 Å². The third-order valence-electron chi connectivity index (χ3n) is 10.3. The number of aromatic nitrogens is 3. The number of benzene rings is 4. The van der Waals surface area contributed by atoms with Crippen molar-refractivity contribution in [3.8, 4) is 51.1 Å². The molecule has 9 rings (SSSR count). The van der Waals surface area contributed by atoms with Gasteiger partial charge in [0.15, 0.2) is 5.76 Å². The highest BCUT2D eigenvalue weighted by Gasteiger charge is 2.44. The molecule has 0 amide bonds. The van der Waals surface area contributed by atoms with Gasteiger partial charge in [0.05, 0.1) is 22.6 Å². The Morgan fingerprint density at radius 2 is 1.45 bits per heavy atom. The third kappa shape index (κ3) is 4.01. The van der Waals surface area contributed by atoms with Crippen LogP contribution in [0.1, 0.15) is 54.3 Å². The minimum atomic E-state index is -0.129. The van der Waals surface area contributed by atoms with Gasteiger partial charge in [0.1, 0.15) is 5.76 Å². The molecule has 0 aliphatic heterocycles. The van der Waals surface area contributed by atoms with Crippen LogP contribution in [-0.4, -0.2) is 14.5 Å². The molecule has 0 saturated carbocycles. The van der Waals surface area contributed by atoms with Crippen LogP contribution in [0.2, 0.25) is 0 Å². The lowest BCUT2D eigenvalue weighted by Crippen LogP contribution is -2.18. The van der Waals surface area contributed by atoms with E-state index in [0.717, 1.165) is 63.5 Å². The third-order valence-corrected chi connectivity index (χ3v) is 10.3. The van der Waals surface area contributed by atoms with Gasteiger partial charge in [-0.1, -0.05) is 111 Å². The maximum absolute atomic E-state index is 7.01. The predicted molar refractivity (Wildman–Crippen MR) is 192 cm³/mol. The van der Waals surface area contributed by atoms with Gasteiger partial charge >= 0.3 is 0 Å². The average molecular weight is 610 g/mol. The molecule has 2 aliphatic rings. The molecule has 0 radical (unpaired) electrons. The van der Waals surface area contributed by atoms with E-state index in [0.29, 0.717) is 5.95 Å². The zero-order valence-electron chi connectivity index (χ0n) is 27.1. The monoisotopic (exact) mass is 609 g/mol. The van der Waals surface area contributed by atoms with E-state index in [1.54, 1.807) is 0 Å². The molecule has 47 heavy (non-hydrogen) atoms. The molecule has 0 N–H and O–H groups in total. The van der Waals surface area contributed by atoms with Crippen molar-refractivity contribution in [2.24, 2.45) is 0 Å². The van der Waals surface area contributed by atoms with Gasteiger partial charge < -0.3 is 4.42 Å². The lowest BCUT2D eigenvalue weighted by molar-refractivity contribution is 0.583. The van der Waals surface area contributed by atoms with Crippen molar-refractivity contribution in [3.05, 3.63) is 143 Å². The van der Waals surface area contributed by atoms with Gasteiger partial charge in [-0.15, -0.1) is 0 Å². The SMILES string of the molecule is C/C=C\c1c(C)c2c(n1-c1nc(-c3ccccc3)c3cc(-c4ccccc4)ccc3n1)-c1oc3c(c1CC2)C(C)(C)c1ccccc1-3. The molecule has 228 valence electrons. The van der Waals surface area contributed by atoms with Crippen molar-refractivity contribution < 1.29 is 4.42 Å². The van der Waals surface area contributed by atoms with E-state index in [2.05, 4.69) is 148 Å². The summed E-state index contributed by atoms with van der Waals surface area (Å²) in [6.45, 7) is 8.97. The summed E-state index contributed by atoms with van der Waals surface area (Å²) < 4.78 is 9.27. The van der Waals surface area contributed by atoms with Gasteiger partial charge in [-0.3, -0.25) is 4.57 Å². The molecule has 3 aromatic heterocycles. The fourth-order valence-corrected chi connectivity index (χ4v) is 8.06. The van der Waals surface area contributed by atoms with Crippen molar-refractivity contribution in [1.82, 2.24) is 14.5 Å². The zero-order valence-corrected chi connectivity index (χ0v) is 27.1. The standard InChI is InChI=1S/C43H35N3O/c1-5-14-36-26(2)30-22-23-32-37-40(31-19-12-13-20-34(31)43(37,3)4)47-41(32)39(30)46(36)42-44-35-24-21-29(27-15-8-6-9-16-27)25-33(35)38(45-42)28-17-10-7-11-18-28/h5-21,24-25H,22-23H2,1-4H3/b14-5-. The second kappa shape index (κ2) is 10.3. The van der Waals surface area contributed by atoms with Gasteiger partial charge in [-0.25, -0.2) is 9.97 Å². The molecule has 0 saturated heterocycles. The molecule has 4 heteroatoms. The van der Waals surface area contributed by atoms with Crippen LogP contribution < -0.4 is 0 Å². The second-order valence-electron chi connectivity index (χ2n) is 13.3. The van der Waals surface area contributed by atoms with Crippen LogP contribution >= 0.6 is 0 Å². The molecule has 0 atom stereocenters. The quantitative estimate of drug-likeness (QED) is 0.199. The predicted octanol–water partition coefficient (Wildman–Crippen LogP) is 10.8. The smallest absolute Gasteiger partial charge is 0.235 e. The second-order valence-corrected chi connectivity index (χ2v) is 13.3. The summed E-state index contributed by atoms with van der Waals surface area (Å²) >= 11 is 0. The van der Waals surface area contributed by atoms with Crippen LogP contribution in [-0.2, 0) is 18.3 Å². The van der Waals surface area contributed by atoms with E-state index in [1.807, 2.05) is 0 Å². The summed E-state index contributed by atoms with van der Waals surface area (Å²) in [5.74, 6) is 2.63. The van der Waals surface area contributed by atoms with Crippen LogP contribution in [0, 0.1) is 6.92 Å². The normalized spacial score (nSPS) is 14.3. The Morgan fingerprint density at radius 1 is 0.745 bits per heavy atom. The molecular formula is C43H35N3O. The highest BCUT2D eigenvalue weighted by molar-refractivity contribution is 5.96. The molecular weight excluding hydrogens is 574 g/mol. The highest BCUT2D eigenvalue weighted by atomic mass is 16.3. The first-order valence-corrected chi connectivity index (χ1v) is 16.5. The van der Waals surface area contributed by atoms with Crippen molar-refractivity contribution in [2.75, 3.05) is 0 Å². The number of furan rings is 1. The minimum absolute atomic E-state index is 0.129. The number of fused-ring (bicyclic) bond motifs is 8. The molecule has 7 aromatic rings. The lowest BCUT2D eigenvalue weighted by atomic mass is 9.78. The Morgan fingerprint density at radius 3 is 2.21 bits per heavy atom. The Bertz CT molecular complexity index is 2390. The fourth-order valence-electron chi connectivity index (χ4n) is 8.06. The van der Waals surface area contributed by atoms with E-state index in [1.165, 1.54) is 38.9 Å². The Labute approximate surface area is 275 Å². The van der Waals surface area contributed by atoms with E-state index in [4.69, 9.17) is 14.4 Å². The molecule has 0 bridgehead atoms. The van der Waals surface area contributed by atoms with Crippen LogP contribution in [0.15, 0.2) is 114 Å². The summed E-state index contributed by atoms with van der Waals surface area (Å²) in [5.41, 5.74) is 15.0. The Kier molecular flexibility index (Phi) is 6.07. The summed E-state index contributed by atoms with van der Waals surface area (Å²) in [7, 11) is 0. The van der Waals surface area contributed by atoms with Gasteiger partial charge in [-0.05, 0) is 72.7 Å². The first-order valence-electron chi connectivity index (χ1n) is 16.5. The molecule has 0 unspecified atom stereocenters. The lowest BCUT2D eigenvalue weighted by Gasteiger charge is -2.24. The van der Waals surface area contributed by atoms with Crippen molar-refractivity contribution in [2.45, 2.75) is 46.0 Å². The van der Waals surface area contributed by atoms with Crippen LogP contribution in [0.25, 0.3) is 68.1 Å². The maximum Gasteiger partial charge on any atom is 0.235 e.